The van der Waals surface area contributed by atoms with Crippen molar-refractivity contribution >= 4 is 34.5 Å². The second-order valence-electron chi connectivity index (χ2n) is 3.99. The topological polar surface area (TPSA) is 46.3 Å². The van der Waals surface area contributed by atoms with Crippen LogP contribution in [0.15, 0.2) is 35.7 Å². The number of halogens is 1. The van der Waals surface area contributed by atoms with Gasteiger partial charge in [0.05, 0.1) is 5.69 Å². The van der Waals surface area contributed by atoms with E-state index in [-0.39, 0.29) is 5.91 Å². The molecule has 0 aliphatic heterocycles. The van der Waals surface area contributed by atoms with Crippen LogP contribution in [0.1, 0.15) is 15.2 Å². The summed E-state index contributed by atoms with van der Waals surface area (Å²) in [5.41, 5.74) is 7.31. The lowest BCUT2D eigenvalue weighted by Gasteiger charge is -2.16. The van der Waals surface area contributed by atoms with Crippen LogP contribution in [-0.2, 0) is 6.54 Å². The Kier molecular flexibility index (Phi) is 3.89. The zero-order valence-electron chi connectivity index (χ0n) is 9.89. The van der Waals surface area contributed by atoms with E-state index in [9.17, 15) is 4.79 Å². The largest absolute Gasteiger partial charge is 0.397 e. The molecule has 3 nitrogen and oxygen atoms in total. The molecule has 0 aliphatic carbocycles. The fourth-order valence-electron chi connectivity index (χ4n) is 1.60. The van der Waals surface area contributed by atoms with Gasteiger partial charge in [0, 0.05) is 18.6 Å². The summed E-state index contributed by atoms with van der Waals surface area (Å²) in [7, 11) is 1.76. The van der Waals surface area contributed by atoms with Crippen molar-refractivity contribution in [1.82, 2.24) is 4.90 Å². The van der Waals surface area contributed by atoms with Crippen molar-refractivity contribution in [2.24, 2.45) is 0 Å². The summed E-state index contributed by atoms with van der Waals surface area (Å²) in [6.07, 6.45) is 0. The molecule has 0 bridgehead atoms. The summed E-state index contributed by atoms with van der Waals surface area (Å²) in [6.45, 7) is 0.535. The van der Waals surface area contributed by atoms with E-state index in [0.29, 0.717) is 22.1 Å². The van der Waals surface area contributed by atoms with Crippen LogP contribution in [0, 0.1) is 0 Å². The van der Waals surface area contributed by atoms with Gasteiger partial charge in [0.15, 0.2) is 0 Å². The van der Waals surface area contributed by atoms with E-state index < -0.39 is 0 Å². The number of hydrogen-bond donors (Lipinski definition) is 1. The smallest absolute Gasteiger partial charge is 0.266 e. The van der Waals surface area contributed by atoms with Gasteiger partial charge >= 0.3 is 0 Å². The number of thiophene rings is 1. The van der Waals surface area contributed by atoms with Crippen molar-refractivity contribution < 1.29 is 4.79 Å². The van der Waals surface area contributed by atoms with Crippen LogP contribution in [0.4, 0.5) is 5.69 Å². The van der Waals surface area contributed by atoms with Gasteiger partial charge < -0.3 is 10.6 Å². The van der Waals surface area contributed by atoms with Crippen LogP contribution in [-0.4, -0.2) is 17.9 Å². The lowest BCUT2D eigenvalue weighted by Crippen LogP contribution is -2.26. The van der Waals surface area contributed by atoms with Gasteiger partial charge in [-0.1, -0.05) is 23.7 Å². The fraction of sp³-hybridized carbons (Fsp3) is 0.154. The summed E-state index contributed by atoms with van der Waals surface area (Å²) in [5.74, 6) is -0.0579. The third-order valence-corrected chi connectivity index (χ3v) is 3.74. The molecule has 1 amide bonds. The molecule has 0 fully saturated rings. The summed E-state index contributed by atoms with van der Waals surface area (Å²) in [4.78, 5) is 14.4. The maximum absolute atomic E-state index is 12.1. The van der Waals surface area contributed by atoms with Crippen LogP contribution in [0.2, 0.25) is 5.02 Å². The first-order chi connectivity index (χ1) is 8.58. The molecule has 5 heteroatoms. The lowest BCUT2D eigenvalue weighted by molar-refractivity contribution is 0.0791. The summed E-state index contributed by atoms with van der Waals surface area (Å²) >= 11 is 7.18. The normalized spacial score (nSPS) is 10.3. The molecular formula is C13H13ClN2OS. The number of carbonyl (C=O) groups is 1. The lowest BCUT2D eigenvalue weighted by atomic mass is 10.2. The van der Waals surface area contributed by atoms with Crippen LogP contribution in [0.3, 0.4) is 0 Å². The Morgan fingerprint density at radius 2 is 2.00 bits per heavy atom. The monoisotopic (exact) mass is 280 g/mol. The summed E-state index contributed by atoms with van der Waals surface area (Å²) < 4.78 is 0. The molecule has 2 aromatic rings. The van der Waals surface area contributed by atoms with E-state index in [1.54, 1.807) is 18.0 Å². The number of hydrogen-bond acceptors (Lipinski definition) is 3. The molecule has 0 atom stereocenters. The Morgan fingerprint density at radius 3 is 2.56 bits per heavy atom. The predicted octanol–water partition coefficient (Wildman–Crippen LogP) is 3.26. The average molecular weight is 281 g/mol. The van der Waals surface area contributed by atoms with Crippen LogP contribution >= 0.6 is 22.9 Å². The molecule has 0 saturated heterocycles. The summed E-state index contributed by atoms with van der Waals surface area (Å²) in [5, 5.41) is 2.51. The van der Waals surface area contributed by atoms with E-state index >= 15 is 0 Å². The number of nitrogens with two attached hydrogens (primary N) is 1. The number of rotatable bonds is 3. The molecule has 94 valence electrons. The number of anilines is 1. The second-order valence-corrected chi connectivity index (χ2v) is 5.35. The zero-order valence-corrected chi connectivity index (χ0v) is 11.5. The minimum atomic E-state index is -0.0579. The van der Waals surface area contributed by atoms with Gasteiger partial charge in [0.1, 0.15) is 4.88 Å². The van der Waals surface area contributed by atoms with Crippen molar-refractivity contribution in [3.63, 3.8) is 0 Å². The number of carbonyl (C=O) groups excluding carboxylic acids is 1. The molecule has 1 heterocycles. The molecule has 1 aromatic heterocycles. The van der Waals surface area contributed by atoms with E-state index in [0.717, 1.165) is 5.56 Å². The fourth-order valence-corrected chi connectivity index (χ4v) is 2.54. The number of benzene rings is 1. The van der Waals surface area contributed by atoms with Crippen molar-refractivity contribution in [3.05, 3.63) is 51.2 Å². The molecule has 0 unspecified atom stereocenters. The molecule has 2 rings (SSSR count). The zero-order chi connectivity index (χ0) is 13.1. The van der Waals surface area contributed by atoms with Crippen LogP contribution < -0.4 is 5.73 Å². The van der Waals surface area contributed by atoms with Gasteiger partial charge in [-0.25, -0.2) is 0 Å². The predicted molar refractivity (Wildman–Crippen MR) is 76.0 cm³/mol. The first-order valence-electron chi connectivity index (χ1n) is 5.41. The number of nitrogen functional groups attached to an aromatic ring is 1. The van der Waals surface area contributed by atoms with Crippen molar-refractivity contribution in [2.75, 3.05) is 12.8 Å². The SMILES string of the molecule is CN(Cc1ccc(Cl)cc1)C(=O)c1sccc1N. The molecular weight excluding hydrogens is 268 g/mol. The standard InChI is InChI=1S/C13H13ClN2OS/c1-16(8-9-2-4-10(14)5-3-9)13(17)12-11(15)6-7-18-12/h2-7H,8,15H2,1H3. The molecule has 1 aromatic carbocycles. The minimum Gasteiger partial charge on any atom is -0.397 e. The third-order valence-electron chi connectivity index (χ3n) is 2.57. The van der Waals surface area contributed by atoms with Gasteiger partial charge in [-0.15, -0.1) is 11.3 Å². The van der Waals surface area contributed by atoms with Gasteiger partial charge in [0.2, 0.25) is 0 Å². The van der Waals surface area contributed by atoms with E-state index in [4.69, 9.17) is 17.3 Å². The van der Waals surface area contributed by atoms with E-state index in [2.05, 4.69) is 0 Å². The highest BCUT2D eigenvalue weighted by molar-refractivity contribution is 7.12. The van der Waals surface area contributed by atoms with Gasteiger partial charge in [-0.05, 0) is 29.1 Å². The molecule has 18 heavy (non-hydrogen) atoms. The first-order valence-corrected chi connectivity index (χ1v) is 6.66. The third kappa shape index (κ3) is 2.83. The quantitative estimate of drug-likeness (QED) is 0.938. The summed E-state index contributed by atoms with van der Waals surface area (Å²) in [6, 6.07) is 9.19. The molecule has 2 N–H and O–H groups in total. The Bertz CT molecular complexity index is 550. The average Bonchev–Trinajstić information content (AvgIpc) is 2.77. The van der Waals surface area contributed by atoms with E-state index in [1.165, 1.54) is 11.3 Å². The van der Waals surface area contributed by atoms with E-state index in [1.807, 2.05) is 29.6 Å². The van der Waals surface area contributed by atoms with Crippen LogP contribution in [0.5, 0.6) is 0 Å². The Balaban J connectivity index is 2.08. The van der Waals surface area contributed by atoms with Gasteiger partial charge in [0.25, 0.3) is 5.91 Å². The van der Waals surface area contributed by atoms with Crippen molar-refractivity contribution in [2.45, 2.75) is 6.54 Å². The van der Waals surface area contributed by atoms with Crippen molar-refractivity contribution in [1.29, 1.82) is 0 Å². The Morgan fingerprint density at radius 1 is 1.33 bits per heavy atom. The minimum absolute atomic E-state index is 0.0579. The Labute approximate surface area is 115 Å². The molecule has 0 saturated carbocycles. The van der Waals surface area contributed by atoms with Gasteiger partial charge in [-0.3, -0.25) is 4.79 Å². The molecule has 0 spiro atoms. The molecule has 0 radical (unpaired) electrons. The number of nitrogens with zero attached hydrogens (tertiary/aromatic N) is 1. The first kappa shape index (κ1) is 12.9. The van der Waals surface area contributed by atoms with Gasteiger partial charge in [-0.2, -0.15) is 0 Å². The molecule has 0 aliphatic rings. The highest BCUT2D eigenvalue weighted by Crippen LogP contribution is 2.21. The Hall–Kier alpha value is -1.52. The second kappa shape index (κ2) is 5.42. The van der Waals surface area contributed by atoms with Crippen molar-refractivity contribution in [3.8, 4) is 0 Å². The van der Waals surface area contributed by atoms with Crippen LogP contribution in [0.25, 0.3) is 0 Å². The number of amides is 1. The highest BCUT2D eigenvalue weighted by atomic mass is 35.5. The maximum atomic E-state index is 12.1. The maximum Gasteiger partial charge on any atom is 0.266 e. The highest BCUT2D eigenvalue weighted by Gasteiger charge is 2.16.